The molecule has 0 saturated carbocycles. The highest BCUT2D eigenvalue weighted by Crippen LogP contribution is 2.37. The van der Waals surface area contributed by atoms with Gasteiger partial charge in [-0.1, -0.05) is 24.3 Å². The molecule has 1 aliphatic rings. The Kier molecular flexibility index (Phi) is 4.93. The first kappa shape index (κ1) is 19.3. The van der Waals surface area contributed by atoms with Crippen molar-refractivity contribution in [3.05, 3.63) is 76.7 Å². The first-order chi connectivity index (χ1) is 13.8. The Labute approximate surface area is 167 Å². The van der Waals surface area contributed by atoms with Crippen LogP contribution in [0.1, 0.15) is 27.8 Å². The number of benzene rings is 2. The van der Waals surface area contributed by atoms with Gasteiger partial charge in [-0.3, -0.25) is 15.2 Å². The fourth-order valence-electron chi connectivity index (χ4n) is 3.35. The SMILES string of the molecule is Cc1cccc(S(=O)(=O)C2NCc3[nH]nc(NC(=O)Cc4ccc(F)cc4)c32)c1. The molecule has 1 aromatic heterocycles. The average Bonchev–Trinajstić information content (AvgIpc) is 3.27. The Bertz CT molecular complexity index is 1170. The summed E-state index contributed by atoms with van der Waals surface area (Å²) in [6.07, 6.45) is 0.0185. The van der Waals surface area contributed by atoms with E-state index in [1.807, 2.05) is 13.0 Å². The largest absolute Gasteiger partial charge is 0.309 e. The molecule has 150 valence electrons. The molecule has 1 unspecified atom stereocenters. The number of rotatable bonds is 5. The first-order valence-electron chi connectivity index (χ1n) is 9.00. The van der Waals surface area contributed by atoms with E-state index in [0.29, 0.717) is 23.4 Å². The van der Waals surface area contributed by atoms with Crippen LogP contribution in [0.3, 0.4) is 0 Å². The fraction of sp³-hybridized carbons (Fsp3) is 0.200. The number of aryl methyl sites for hydroxylation is 1. The van der Waals surface area contributed by atoms with E-state index in [1.54, 1.807) is 18.2 Å². The molecule has 0 fully saturated rings. The number of carbonyl (C=O) groups excluding carboxylic acids is 1. The van der Waals surface area contributed by atoms with Crippen LogP contribution in [0.15, 0.2) is 53.4 Å². The highest BCUT2D eigenvalue weighted by atomic mass is 32.2. The number of hydrogen-bond donors (Lipinski definition) is 3. The van der Waals surface area contributed by atoms with Gasteiger partial charge >= 0.3 is 0 Å². The normalized spacial score (nSPS) is 15.9. The Balaban J connectivity index is 1.58. The molecule has 0 saturated heterocycles. The molecule has 0 bridgehead atoms. The molecule has 2 heterocycles. The van der Waals surface area contributed by atoms with Crippen LogP contribution < -0.4 is 10.6 Å². The van der Waals surface area contributed by atoms with Gasteiger partial charge in [-0.15, -0.1) is 0 Å². The van der Waals surface area contributed by atoms with Crippen molar-refractivity contribution in [1.82, 2.24) is 15.5 Å². The zero-order chi connectivity index (χ0) is 20.6. The molecule has 3 N–H and O–H groups in total. The molecule has 29 heavy (non-hydrogen) atoms. The summed E-state index contributed by atoms with van der Waals surface area (Å²) in [7, 11) is -3.73. The number of fused-ring (bicyclic) bond motifs is 1. The van der Waals surface area contributed by atoms with Gasteiger partial charge in [0, 0.05) is 6.54 Å². The second kappa shape index (κ2) is 7.41. The predicted octanol–water partition coefficient (Wildman–Crippen LogP) is 2.61. The lowest BCUT2D eigenvalue weighted by Crippen LogP contribution is -2.24. The summed E-state index contributed by atoms with van der Waals surface area (Å²) < 4.78 is 39.3. The van der Waals surface area contributed by atoms with Crippen molar-refractivity contribution < 1.29 is 17.6 Å². The van der Waals surface area contributed by atoms with Crippen molar-refractivity contribution in [2.45, 2.75) is 30.2 Å². The van der Waals surface area contributed by atoms with Crippen molar-refractivity contribution in [2.75, 3.05) is 5.32 Å². The summed E-state index contributed by atoms with van der Waals surface area (Å²) in [4.78, 5) is 12.6. The molecule has 1 amide bonds. The Morgan fingerprint density at radius 3 is 2.72 bits per heavy atom. The number of sulfone groups is 1. The number of aromatic nitrogens is 2. The third-order valence-electron chi connectivity index (χ3n) is 4.77. The average molecular weight is 414 g/mol. The van der Waals surface area contributed by atoms with Crippen LogP contribution in [-0.4, -0.2) is 24.5 Å². The molecule has 1 atom stereocenters. The first-order valence-corrected chi connectivity index (χ1v) is 10.5. The number of nitrogens with zero attached hydrogens (tertiary/aromatic N) is 1. The van der Waals surface area contributed by atoms with E-state index in [-0.39, 0.29) is 28.9 Å². The summed E-state index contributed by atoms with van der Waals surface area (Å²) in [5, 5.41) is 11.5. The van der Waals surface area contributed by atoms with E-state index in [2.05, 4.69) is 20.8 Å². The molecule has 4 rings (SSSR count). The molecule has 0 radical (unpaired) electrons. The van der Waals surface area contributed by atoms with Crippen LogP contribution >= 0.6 is 0 Å². The van der Waals surface area contributed by atoms with Gasteiger partial charge in [-0.05, 0) is 42.3 Å². The maximum atomic E-state index is 13.2. The molecule has 3 aromatic rings. The monoisotopic (exact) mass is 414 g/mol. The molecular formula is C20H19FN4O3S. The maximum Gasteiger partial charge on any atom is 0.230 e. The zero-order valence-electron chi connectivity index (χ0n) is 15.6. The van der Waals surface area contributed by atoms with Crippen molar-refractivity contribution in [3.8, 4) is 0 Å². The molecular weight excluding hydrogens is 395 g/mol. The van der Waals surface area contributed by atoms with Crippen LogP contribution in [0.25, 0.3) is 0 Å². The number of nitrogens with one attached hydrogen (secondary N) is 3. The van der Waals surface area contributed by atoms with Gasteiger partial charge in [0.25, 0.3) is 0 Å². The fourth-order valence-corrected chi connectivity index (χ4v) is 5.11. The van der Waals surface area contributed by atoms with Crippen molar-refractivity contribution in [3.63, 3.8) is 0 Å². The minimum Gasteiger partial charge on any atom is -0.309 e. The second-order valence-electron chi connectivity index (χ2n) is 6.94. The Hall–Kier alpha value is -3.04. The lowest BCUT2D eigenvalue weighted by atomic mass is 10.1. The molecule has 9 heteroatoms. The summed E-state index contributed by atoms with van der Waals surface area (Å²) in [5.41, 5.74) is 2.50. The standard InChI is InChI=1S/C20H19FN4O3S/c1-12-3-2-4-15(9-12)29(27,28)20-18-16(11-22-20)24-25-19(18)23-17(26)10-13-5-7-14(21)8-6-13/h2-9,20,22H,10-11H2,1H3,(H2,23,24,25,26). The maximum absolute atomic E-state index is 13.2. The van der Waals surface area contributed by atoms with Crippen LogP contribution in [0, 0.1) is 12.7 Å². The van der Waals surface area contributed by atoms with Crippen LogP contribution in [0.2, 0.25) is 0 Å². The number of hydrogen-bond acceptors (Lipinski definition) is 5. The number of amides is 1. The minimum absolute atomic E-state index is 0.0185. The summed E-state index contributed by atoms with van der Waals surface area (Å²) >= 11 is 0. The van der Waals surface area contributed by atoms with Crippen LogP contribution in [-0.2, 0) is 27.6 Å². The number of aromatic amines is 1. The topological polar surface area (TPSA) is 104 Å². The summed E-state index contributed by atoms with van der Waals surface area (Å²) in [5.74, 6) is -0.572. The Morgan fingerprint density at radius 2 is 2.00 bits per heavy atom. The lowest BCUT2D eigenvalue weighted by molar-refractivity contribution is -0.115. The number of carbonyl (C=O) groups is 1. The third kappa shape index (κ3) is 3.79. The summed E-state index contributed by atoms with van der Waals surface area (Å²) in [6.45, 7) is 2.12. The van der Waals surface area contributed by atoms with Crippen LogP contribution in [0.5, 0.6) is 0 Å². The minimum atomic E-state index is -3.73. The molecule has 7 nitrogen and oxygen atoms in total. The third-order valence-corrected chi connectivity index (χ3v) is 6.71. The predicted molar refractivity (Wildman–Crippen MR) is 105 cm³/mol. The highest BCUT2D eigenvalue weighted by Gasteiger charge is 2.38. The van der Waals surface area contributed by atoms with Gasteiger partial charge in [-0.2, -0.15) is 5.10 Å². The second-order valence-corrected chi connectivity index (χ2v) is 8.97. The molecule has 2 aromatic carbocycles. The lowest BCUT2D eigenvalue weighted by Gasteiger charge is -2.15. The number of H-pyrrole nitrogens is 1. The van der Waals surface area contributed by atoms with E-state index >= 15 is 0 Å². The van der Waals surface area contributed by atoms with E-state index in [0.717, 1.165) is 5.56 Å². The van der Waals surface area contributed by atoms with E-state index in [4.69, 9.17) is 0 Å². The van der Waals surface area contributed by atoms with Gasteiger partial charge in [0.1, 0.15) is 11.2 Å². The van der Waals surface area contributed by atoms with Crippen molar-refractivity contribution in [1.29, 1.82) is 0 Å². The Morgan fingerprint density at radius 1 is 1.24 bits per heavy atom. The van der Waals surface area contributed by atoms with Crippen LogP contribution in [0.4, 0.5) is 10.2 Å². The molecule has 1 aliphatic heterocycles. The highest BCUT2D eigenvalue weighted by molar-refractivity contribution is 7.91. The number of halogens is 1. The van der Waals surface area contributed by atoms with E-state index in [1.165, 1.54) is 24.3 Å². The molecule has 0 aliphatic carbocycles. The van der Waals surface area contributed by atoms with E-state index < -0.39 is 15.2 Å². The summed E-state index contributed by atoms with van der Waals surface area (Å²) in [6, 6.07) is 12.3. The number of anilines is 1. The molecule has 0 spiro atoms. The van der Waals surface area contributed by atoms with Crippen molar-refractivity contribution in [2.24, 2.45) is 0 Å². The smallest absolute Gasteiger partial charge is 0.230 e. The zero-order valence-corrected chi connectivity index (χ0v) is 16.4. The van der Waals surface area contributed by atoms with Gasteiger partial charge in [0.15, 0.2) is 15.7 Å². The quantitative estimate of drug-likeness (QED) is 0.595. The van der Waals surface area contributed by atoms with Gasteiger partial charge < -0.3 is 5.32 Å². The van der Waals surface area contributed by atoms with Gasteiger partial charge in [-0.25, -0.2) is 12.8 Å². The van der Waals surface area contributed by atoms with Gasteiger partial charge in [0.2, 0.25) is 5.91 Å². The van der Waals surface area contributed by atoms with E-state index in [9.17, 15) is 17.6 Å². The van der Waals surface area contributed by atoms with Gasteiger partial charge in [0.05, 0.1) is 22.6 Å². The van der Waals surface area contributed by atoms with Crippen molar-refractivity contribution >= 4 is 21.6 Å².